The van der Waals surface area contributed by atoms with Gasteiger partial charge < -0.3 is 10.2 Å². The Hall–Kier alpha value is -2.97. The largest absolute Gasteiger partial charge is 0.340 e. The summed E-state index contributed by atoms with van der Waals surface area (Å²) in [5.41, 5.74) is -0.0191. The zero-order chi connectivity index (χ0) is 18.7. The summed E-state index contributed by atoms with van der Waals surface area (Å²) in [6, 6.07) is 0. The van der Waals surface area contributed by atoms with Crippen molar-refractivity contribution in [2.24, 2.45) is 7.05 Å². The van der Waals surface area contributed by atoms with E-state index in [9.17, 15) is 9.59 Å². The van der Waals surface area contributed by atoms with Crippen molar-refractivity contribution in [2.75, 3.05) is 31.1 Å². The minimum absolute atomic E-state index is 0.0611. The van der Waals surface area contributed by atoms with Gasteiger partial charge >= 0.3 is 5.69 Å². The lowest BCUT2D eigenvalue weighted by molar-refractivity contribution is 0.572. The van der Waals surface area contributed by atoms with Crippen molar-refractivity contribution in [2.45, 2.75) is 26.9 Å². The van der Waals surface area contributed by atoms with Gasteiger partial charge in [-0.25, -0.2) is 9.36 Å². The highest BCUT2D eigenvalue weighted by Crippen LogP contribution is 2.19. The van der Waals surface area contributed by atoms with Crippen LogP contribution in [0.2, 0.25) is 0 Å². The van der Waals surface area contributed by atoms with Crippen LogP contribution in [-0.2, 0) is 20.1 Å². The van der Waals surface area contributed by atoms with E-state index < -0.39 is 5.69 Å². The number of nitrogens with one attached hydrogen (secondary N) is 1. The predicted molar refractivity (Wildman–Crippen MR) is 101 cm³/mol. The second kappa shape index (κ2) is 7.51. The molecule has 3 heterocycles. The van der Waals surface area contributed by atoms with E-state index in [0.29, 0.717) is 23.7 Å². The minimum atomic E-state index is -0.414. The zero-order valence-electron chi connectivity index (χ0n) is 15.3. The third-order valence-electron chi connectivity index (χ3n) is 4.44. The fourth-order valence-electron chi connectivity index (χ4n) is 3.07. The molecular formula is C18H22N6O2. The van der Waals surface area contributed by atoms with Crippen LogP contribution in [0.4, 0.5) is 5.95 Å². The number of aryl methyl sites for hydroxylation is 1. The maximum absolute atomic E-state index is 13.0. The normalized spacial score (nSPS) is 13.9. The van der Waals surface area contributed by atoms with Crippen LogP contribution in [0.15, 0.2) is 9.59 Å². The second-order valence-corrected chi connectivity index (χ2v) is 5.99. The number of fused-ring (bicyclic) bond motifs is 1. The van der Waals surface area contributed by atoms with Crippen molar-refractivity contribution >= 4 is 17.1 Å². The predicted octanol–water partition coefficient (Wildman–Crippen LogP) is -0.647. The van der Waals surface area contributed by atoms with Crippen molar-refractivity contribution in [3.8, 4) is 23.7 Å². The number of hydrogen-bond acceptors (Lipinski definition) is 5. The minimum Gasteiger partial charge on any atom is -0.340 e. The highest BCUT2D eigenvalue weighted by atomic mass is 16.2. The quantitative estimate of drug-likeness (QED) is 0.742. The number of anilines is 1. The van der Waals surface area contributed by atoms with E-state index in [4.69, 9.17) is 0 Å². The van der Waals surface area contributed by atoms with Gasteiger partial charge in [-0.2, -0.15) is 4.98 Å². The van der Waals surface area contributed by atoms with Crippen LogP contribution in [0.3, 0.4) is 0 Å². The molecule has 8 nitrogen and oxygen atoms in total. The van der Waals surface area contributed by atoms with Crippen molar-refractivity contribution in [3.63, 3.8) is 0 Å². The van der Waals surface area contributed by atoms with E-state index in [0.717, 1.165) is 30.7 Å². The number of hydrogen-bond donors (Lipinski definition) is 1. The maximum atomic E-state index is 13.0. The summed E-state index contributed by atoms with van der Waals surface area (Å²) < 4.78 is 4.38. The lowest BCUT2D eigenvalue weighted by atomic mass is 10.4. The summed E-state index contributed by atoms with van der Waals surface area (Å²) in [6.45, 7) is 7.10. The highest BCUT2D eigenvalue weighted by Gasteiger charge is 2.23. The van der Waals surface area contributed by atoms with E-state index in [-0.39, 0.29) is 12.1 Å². The average Bonchev–Trinajstić information content (AvgIpc) is 3.05. The van der Waals surface area contributed by atoms with Crippen LogP contribution < -0.4 is 21.5 Å². The van der Waals surface area contributed by atoms with Crippen LogP contribution in [0.25, 0.3) is 11.2 Å². The molecule has 1 aliphatic rings. The topological polar surface area (TPSA) is 77.1 Å². The monoisotopic (exact) mass is 354 g/mol. The highest BCUT2D eigenvalue weighted by molar-refractivity contribution is 5.74. The molecule has 0 atom stereocenters. The molecule has 0 saturated carbocycles. The van der Waals surface area contributed by atoms with Gasteiger partial charge in [-0.05, 0) is 13.8 Å². The molecule has 1 saturated heterocycles. The first-order chi connectivity index (χ1) is 12.6. The molecule has 0 aromatic carbocycles. The van der Waals surface area contributed by atoms with E-state index in [2.05, 4.69) is 38.9 Å². The number of piperazine rings is 1. The van der Waals surface area contributed by atoms with Gasteiger partial charge in [0.15, 0.2) is 11.2 Å². The Morgan fingerprint density at radius 3 is 2.27 bits per heavy atom. The smallest absolute Gasteiger partial charge is 0.333 e. The van der Waals surface area contributed by atoms with Crippen molar-refractivity contribution < 1.29 is 0 Å². The fraction of sp³-hybridized carbons (Fsp3) is 0.500. The molecule has 1 N–H and O–H groups in total. The van der Waals surface area contributed by atoms with Crippen LogP contribution >= 0.6 is 0 Å². The molecule has 0 amide bonds. The molecule has 3 rings (SSSR count). The van der Waals surface area contributed by atoms with Gasteiger partial charge in [-0.1, -0.05) is 11.8 Å². The van der Waals surface area contributed by atoms with Crippen molar-refractivity contribution in [3.05, 3.63) is 20.8 Å². The first kappa shape index (κ1) is 17.8. The van der Waals surface area contributed by atoms with Gasteiger partial charge in [0.2, 0.25) is 5.95 Å². The molecule has 2 aromatic rings. The first-order valence-corrected chi connectivity index (χ1v) is 8.55. The molecule has 0 aliphatic carbocycles. The van der Waals surface area contributed by atoms with E-state index >= 15 is 0 Å². The summed E-state index contributed by atoms with van der Waals surface area (Å²) in [7, 11) is 1.63. The lowest BCUT2D eigenvalue weighted by Crippen LogP contribution is -2.44. The van der Waals surface area contributed by atoms with Gasteiger partial charge in [0.05, 0.1) is 13.1 Å². The van der Waals surface area contributed by atoms with Gasteiger partial charge in [-0.3, -0.25) is 13.9 Å². The maximum Gasteiger partial charge on any atom is 0.333 e. The Morgan fingerprint density at radius 2 is 1.65 bits per heavy atom. The molecule has 0 unspecified atom stereocenters. The van der Waals surface area contributed by atoms with Crippen molar-refractivity contribution in [1.82, 2.24) is 24.0 Å². The average molecular weight is 354 g/mol. The summed E-state index contributed by atoms with van der Waals surface area (Å²) in [5, 5.41) is 3.30. The number of rotatable bonds is 3. The summed E-state index contributed by atoms with van der Waals surface area (Å²) in [5.74, 6) is 12.1. The van der Waals surface area contributed by atoms with Gasteiger partial charge in [0, 0.05) is 33.2 Å². The SMILES string of the molecule is CC#CCn1c(=O)c2c(nc(N3CCNCC3)n2CC#CC)n(C)c1=O. The number of aromatic nitrogens is 4. The fourth-order valence-corrected chi connectivity index (χ4v) is 3.07. The van der Waals surface area contributed by atoms with E-state index in [1.54, 1.807) is 20.9 Å². The Kier molecular flexibility index (Phi) is 5.15. The molecule has 0 radical (unpaired) electrons. The Bertz CT molecular complexity index is 1060. The molecule has 2 aromatic heterocycles. The summed E-state index contributed by atoms with van der Waals surface area (Å²) in [4.78, 5) is 32.4. The second-order valence-electron chi connectivity index (χ2n) is 5.99. The molecule has 1 aliphatic heterocycles. The molecule has 0 bridgehead atoms. The molecule has 1 fully saturated rings. The summed E-state index contributed by atoms with van der Waals surface area (Å²) >= 11 is 0. The molecule has 0 spiro atoms. The number of imidazole rings is 1. The first-order valence-electron chi connectivity index (χ1n) is 8.55. The molecular weight excluding hydrogens is 332 g/mol. The van der Waals surface area contributed by atoms with Crippen LogP contribution in [0, 0.1) is 23.7 Å². The third-order valence-corrected chi connectivity index (χ3v) is 4.44. The third kappa shape index (κ3) is 3.00. The van der Waals surface area contributed by atoms with Gasteiger partial charge in [0.1, 0.15) is 0 Å². The summed E-state index contributed by atoms with van der Waals surface area (Å²) in [6.07, 6.45) is 0. The standard InChI is InChI=1S/C18H22N6O2/c1-4-6-10-23-14-15(20-17(23)22-12-8-19-9-13-22)21(3)18(26)24(16(14)25)11-7-5-2/h19H,8-13H2,1-3H3. The van der Waals surface area contributed by atoms with Gasteiger partial charge in [-0.15, -0.1) is 11.8 Å². The molecule has 136 valence electrons. The van der Waals surface area contributed by atoms with Crippen molar-refractivity contribution in [1.29, 1.82) is 0 Å². The van der Waals surface area contributed by atoms with Crippen LogP contribution in [0.5, 0.6) is 0 Å². The van der Waals surface area contributed by atoms with Gasteiger partial charge in [0.25, 0.3) is 5.56 Å². The Morgan fingerprint density at radius 1 is 1.04 bits per heavy atom. The Balaban J connectivity index is 2.31. The Labute approximate surface area is 151 Å². The van der Waals surface area contributed by atoms with E-state index in [1.165, 1.54) is 4.57 Å². The van der Waals surface area contributed by atoms with E-state index in [1.807, 2.05) is 4.57 Å². The van der Waals surface area contributed by atoms with Crippen LogP contribution in [0.1, 0.15) is 13.8 Å². The molecule has 8 heteroatoms. The zero-order valence-corrected chi connectivity index (χ0v) is 15.3. The lowest BCUT2D eigenvalue weighted by Gasteiger charge is -2.28. The molecule has 26 heavy (non-hydrogen) atoms. The number of nitrogens with zero attached hydrogens (tertiary/aromatic N) is 5. The van der Waals surface area contributed by atoms with Crippen LogP contribution in [-0.4, -0.2) is 44.9 Å².